The highest BCUT2D eigenvalue weighted by atomic mass is 16.4. The molecule has 5 nitrogen and oxygen atoms in total. The standard InChI is InChI=1S/C15H19N3O2/c1-9-7-12(16-4)5-6-13(9)14(19)18-11(3)15-17-8-10(2)20-15/h5-8,11,16H,1-4H3,(H,18,19). The second-order valence-electron chi connectivity index (χ2n) is 4.78. The highest BCUT2D eigenvalue weighted by Gasteiger charge is 2.16. The molecule has 1 atom stereocenters. The molecule has 20 heavy (non-hydrogen) atoms. The predicted octanol–water partition coefficient (Wildman–Crippen LogP) is 2.82. The molecule has 2 rings (SSSR count). The summed E-state index contributed by atoms with van der Waals surface area (Å²) in [7, 11) is 1.85. The maximum absolute atomic E-state index is 12.3. The van der Waals surface area contributed by atoms with Crippen LogP contribution in [0.25, 0.3) is 0 Å². The third kappa shape index (κ3) is 2.99. The lowest BCUT2D eigenvalue weighted by Gasteiger charge is -2.12. The third-order valence-corrected chi connectivity index (χ3v) is 3.12. The summed E-state index contributed by atoms with van der Waals surface area (Å²) in [4.78, 5) is 16.4. The first-order valence-electron chi connectivity index (χ1n) is 6.53. The number of nitrogens with zero attached hydrogens (tertiary/aromatic N) is 1. The van der Waals surface area contributed by atoms with Crippen LogP contribution in [0.4, 0.5) is 5.69 Å². The number of hydrogen-bond donors (Lipinski definition) is 2. The molecule has 0 aliphatic heterocycles. The van der Waals surface area contributed by atoms with Gasteiger partial charge >= 0.3 is 0 Å². The highest BCUT2D eigenvalue weighted by Crippen LogP contribution is 2.17. The molecule has 2 N–H and O–H groups in total. The molecular weight excluding hydrogens is 254 g/mol. The minimum Gasteiger partial charge on any atom is -0.444 e. The largest absolute Gasteiger partial charge is 0.444 e. The molecule has 0 saturated carbocycles. The third-order valence-electron chi connectivity index (χ3n) is 3.12. The Bertz CT molecular complexity index is 619. The molecule has 0 aliphatic carbocycles. The Balaban J connectivity index is 2.12. The van der Waals surface area contributed by atoms with Crippen LogP contribution in [0.1, 0.15) is 40.5 Å². The molecule has 0 spiro atoms. The van der Waals surface area contributed by atoms with Crippen molar-refractivity contribution in [2.75, 3.05) is 12.4 Å². The van der Waals surface area contributed by atoms with Gasteiger partial charge in [0, 0.05) is 18.3 Å². The normalized spacial score (nSPS) is 12.0. The van der Waals surface area contributed by atoms with Crippen LogP contribution in [0.15, 0.2) is 28.8 Å². The molecule has 0 aliphatic rings. The summed E-state index contributed by atoms with van der Waals surface area (Å²) in [6.07, 6.45) is 1.64. The van der Waals surface area contributed by atoms with Crippen molar-refractivity contribution in [3.05, 3.63) is 47.2 Å². The molecule has 106 valence electrons. The van der Waals surface area contributed by atoms with Gasteiger partial charge in [0.2, 0.25) is 5.89 Å². The van der Waals surface area contributed by atoms with Crippen LogP contribution in [0.2, 0.25) is 0 Å². The Morgan fingerprint density at radius 1 is 1.35 bits per heavy atom. The van der Waals surface area contributed by atoms with Gasteiger partial charge < -0.3 is 15.1 Å². The van der Waals surface area contributed by atoms with Crippen LogP contribution in [-0.4, -0.2) is 17.9 Å². The number of carbonyl (C=O) groups excluding carboxylic acids is 1. The fourth-order valence-electron chi connectivity index (χ4n) is 1.98. The van der Waals surface area contributed by atoms with Gasteiger partial charge in [-0.2, -0.15) is 0 Å². The minimum atomic E-state index is -0.264. The smallest absolute Gasteiger partial charge is 0.252 e. The number of aromatic nitrogens is 1. The van der Waals surface area contributed by atoms with E-state index in [0.717, 1.165) is 17.0 Å². The fraction of sp³-hybridized carbons (Fsp3) is 0.333. The van der Waals surface area contributed by atoms with Gasteiger partial charge in [0.1, 0.15) is 11.8 Å². The quantitative estimate of drug-likeness (QED) is 0.899. The van der Waals surface area contributed by atoms with Gasteiger partial charge in [-0.3, -0.25) is 4.79 Å². The first-order valence-corrected chi connectivity index (χ1v) is 6.53. The number of anilines is 1. The van der Waals surface area contributed by atoms with Crippen LogP contribution in [0, 0.1) is 13.8 Å². The van der Waals surface area contributed by atoms with Gasteiger partial charge in [0.15, 0.2) is 0 Å². The van der Waals surface area contributed by atoms with Crippen molar-refractivity contribution < 1.29 is 9.21 Å². The number of carbonyl (C=O) groups is 1. The minimum absolute atomic E-state index is 0.131. The first kappa shape index (κ1) is 14.1. The zero-order valence-electron chi connectivity index (χ0n) is 12.2. The van der Waals surface area contributed by atoms with Crippen LogP contribution >= 0.6 is 0 Å². The monoisotopic (exact) mass is 273 g/mol. The van der Waals surface area contributed by atoms with Crippen molar-refractivity contribution in [3.8, 4) is 0 Å². The molecule has 0 bridgehead atoms. The first-order chi connectivity index (χ1) is 9.51. The Kier molecular flexibility index (Phi) is 4.08. The number of oxazole rings is 1. The molecular formula is C15H19N3O2. The van der Waals surface area contributed by atoms with E-state index in [-0.39, 0.29) is 11.9 Å². The van der Waals surface area contributed by atoms with Crippen molar-refractivity contribution in [1.82, 2.24) is 10.3 Å². The zero-order valence-corrected chi connectivity index (χ0v) is 12.2. The van der Waals surface area contributed by atoms with Gasteiger partial charge in [-0.1, -0.05) is 0 Å². The number of benzene rings is 1. The molecule has 5 heteroatoms. The van der Waals surface area contributed by atoms with Crippen molar-refractivity contribution >= 4 is 11.6 Å². The summed E-state index contributed by atoms with van der Waals surface area (Å²) in [6.45, 7) is 5.59. The maximum Gasteiger partial charge on any atom is 0.252 e. The molecule has 0 fully saturated rings. The summed E-state index contributed by atoms with van der Waals surface area (Å²) < 4.78 is 5.41. The number of nitrogens with one attached hydrogen (secondary N) is 2. The van der Waals surface area contributed by atoms with E-state index in [4.69, 9.17) is 4.42 Å². The van der Waals surface area contributed by atoms with Gasteiger partial charge in [-0.15, -0.1) is 0 Å². The van der Waals surface area contributed by atoms with E-state index in [2.05, 4.69) is 15.6 Å². The SMILES string of the molecule is CNc1ccc(C(=O)NC(C)c2ncc(C)o2)c(C)c1. The average Bonchev–Trinajstić information content (AvgIpc) is 2.85. The molecule has 1 aromatic heterocycles. The topological polar surface area (TPSA) is 67.2 Å². The number of aryl methyl sites for hydroxylation is 2. The lowest BCUT2D eigenvalue weighted by Crippen LogP contribution is -2.27. The number of amides is 1. The molecule has 1 unspecified atom stereocenters. The summed E-state index contributed by atoms with van der Waals surface area (Å²) in [5, 5.41) is 5.94. The van der Waals surface area contributed by atoms with Crippen molar-refractivity contribution in [3.63, 3.8) is 0 Å². The summed E-state index contributed by atoms with van der Waals surface area (Å²) >= 11 is 0. The second-order valence-corrected chi connectivity index (χ2v) is 4.78. The second kappa shape index (κ2) is 5.77. The molecule has 0 saturated heterocycles. The van der Waals surface area contributed by atoms with E-state index in [0.29, 0.717) is 11.5 Å². The van der Waals surface area contributed by atoms with Gasteiger partial charge in [-0.25, -0.2) is 4.98 Å². The van der Waals surface area contributed by atoms with Crippen molar-refractivity contribution in [2.24, 2.45) is 0 Å². The fourth-order valence-corrected chi connectivity index (χ4v) is 1.98. The van der Waals surface area contributed by atoms with Gasteiger partial charge in [0.05, 0.1) is 6.20 Å². The predicted molar refractivity (Wildman–Crippen MR) is 77.8 cm³/mol. The number of rotatable bonds is 4. The number of hydrogen-bond acceptors (Lipinski definition) is 4. The van der Waals surface area contributed by atoms with Crippen LogP contribution in [0.3, 0.4) is 0 Å². The van der Waals surface area contributed by atoms with Crippen molar-refractivity contribution in [2.45, 2.75) is 26.8 Å². The molecule has 1 amide bonds. The Morgan fingerprint density at radius 2 is 2.10 bits per heavy atom. The zero-order chi connectivity index (χ0) is 14.7. The lowest BCUT2D eigenvalue weighted by molar-refractivity contribution is 0.0933. The van der Waals surface area contributed by atoms with Gasteiger partial charge in [-0.05, 0) is 44.5 Å². The van der Waals surface area contributed by atoms with E-state index in [1.165, 1.54) is 0 Å². The van der Waals surface area contributed by atoms with Crippen molar-refractivity contribution in [1.29, 1.82) is 0 Å². The van der Waals surface area contributed by atoms with E-state index in [1.807, 2.05) is 46.0 Å². The van der Waals surface area contributed by atoms with E-state index in [9.17, 15) is 4.79 Å². The Labute approximate surface area is 118 Å². The summed E-state index contributed by atoms with van der Waals surface area (Å²) in [5.41, 5.74) is 2.56. The summed E-state index contributed by atoms with van der Waals surface area (Å²) in [5.74, 6) is 1.12. The summed E-state index contributed by atoms with van der Waals surface area (Å²) in [6, 6.07) is 5.36. The Morgan fingerprint density at radius 3 is 2.65 bits per heavy atom. The molecule has 2 aromatic rings. The maximum atomic E-state index is 12.3. The molecule has 1 heterocycles. The van der Waals surface area contributed by atoms with Crippen LogP contribution in [0.5, 0.6) is 0 Å². The van der Waals surface area contributed by atoms with Crippen LogP contribution < -0.4 is 10.6 Å². The molecule has 0 radical (unpaired) electrons. The average molecular weight is 273 g/mol. The van der Waals surface area contributed by atoms with E-state index >= 15 is 0 Å². The van der Waals surface area contributed by atoms with Gasteiger partial charge in [0.25, 0.3) is 5.91 Å². The lowest BCUT2D eigenvalue weighted by atomic mass is 10.1. The molecule has 1 aromatic carbocycles. The Hall–Kier alpha value is -2.30. The van der Waals surface area contributed by atoms with E-state index in [1.54, 1.807) is 6.20 Å². The van der Waals surface area contributed by atoms with E-state index < -0.39 is 0 Å². The highest BCUT2D eigenvalue weighted by molar-refractivity contribution is 5.96. The van der Waals surface area contributed by atoms with Crippen LogP contribution in [-0.2, 0) is 0 Å².